The van der Waals surface area contributed by atoms with Crippen molar-refractivity contribution in [3.8, 4) is 0 Å². The van der Waals surface area contributed by atoms with Crippen molar-refractivity contribution < 1.29 is 58.0 Å². The Bertz CT molecular complexity index is 171. The molecule has 0 aromatic carbocycles. The summed E-state index contributed by atoms with van der Waals surface area (Å²) < 4.78 is 42.0. The van der Waals surface area contributed by atoms with Gasteiger partial charge in [0, 0.05) is 64.0 Å². The average molecular weight is 552 g/mol. The van der Waals surface area contributed by atoms with Crippen LogP contribution in [0.4, 0.5) is 0 Å². The molecule has 1 radical (unpaired) electrons. The van der Waals surface area contributed by atoms with Crippen molar-refractivity contribution >= 4 is 35.5 Å². The maximum absolute atomic E-state index is 4.67. The molecule has 0 rings (SSSR count). The summed E-state index contributed by atoms with van der Waals surface area (Å²) in [5.74, 6) is 0. The van der Waals surface area contributed by atoms with E-state index in [4.69, 9.17) is 0 Å². The van der Waals surface area contributed by atoms with E-state index in [0.717, 1.165) is 0 Å². The molecule has 9 nitrogen and oxygen atoms in total. The van der Waals surface area contributed by atoms with Crippen molar-refractivity contribution in [1.82, 2.24) is 0 Å². The molecule has 163 valence electrons. The van der Waals surface area contributed by atoms with Crippen molar-refractivity contribution in [2.45, 2.75) is 0 Å². The van der Waals surface area contributed by atoms with Crippen LogP contribution in [0.15, 0.2) is 12.7 Å². The van der Waals surface area contributed by atoms with E-state index < -0.39 is 25.8 Å². The molecule has 0 N–H and O–H groups in total. The first kappa shape index (κ1) is 38.2. The third-order valence-electron chi connectivity index (χ3n) is 1.34. The first-order valence-corrected chi connectivity index (χ1v) is 11.7. The van der Waals surface area contributed by atoms with Crippen molar-refractivity contribution in [2.24, 2.45) is 0 Å². The van der Waals surface area contributed by atoms with E-state index >= 15 is 0 Å². The van der Waals surface area contributed by atoms with Crippen molar-refractivity contribution in [2.75, 3.05) is 64.0 Å². The van der Waals surface area contributed by atoms with Gasteiger partial charge in [0.1, 0.15) is 0 Å². The third-order valence-corrected chi connectivity index (χ3v) is 4.02. The Morgan fingerprint density at radius 2 is 0.615 bits per heavy atom. The van der Waals surface area contributed by atoms with Gasteiger partial charge in [-0.25, -0.2) is 0 Å². The monoisotopic (exact) mass is 551 g/mol. The standard InChI is InChI=1S/3C3H9O3P.C3H5.ClH.Rh/c3*1-4-7(5-2)6-3;1-3-2;;/h3*1-3H3;3H,1-2H2;1H;/q;;;;;+3/p-1. The van der Waals surface area contributed by atoms with Crippen LogP contribution in [0.3, 0.4) is 0 Å². The van der Waals surface area contributed by atoms with Gasteiger partial charge in [0.2, 0.25) is 0 Å². The Balaban J connectivity index is -0.0000000753. The summed E-state index contributed by atoms with van der Waals surface area (Å²) in [6.07, 6.45) is 1.50. The fourth-order valence-corrected chi connectivity index (χ4v) is 2.01. The summed E-state index contributed by atoms with van der Waals surface area (Å²) in [5.41, 5.74) is 0. The van der Waals surface area contributed by atoms with E-state index in [9.17, 15) is 0 Å². The van der Waals surface area contributed by atoms with E-state index in [1.54, 1.807) is 64.0 Å². The average Bonchev–Trinajstić information content (AvgIpc) is 2.69. The van der Waals surface area contributed by atoms with E-state index in [1.807, 2.05) is 17.3 Å². The van der Waals surface area contributed by atoms with Gasteiger partial charge in [-0.05, 0) is 6.92 Å². The van der Waals surface area contributed by atoms with Crippen LogP contribution in [0.25, 0.3) is 0 Å². The Morgan fingerprint density at radius 1 is 0.538 bits per heavy atom. The fourth-order valence-electron chi connectivity index (χ4n) is 0.671. The second-order valence-electron chi connectivity index (χ2n) is 2.60. The Kier molecular flexibility index (Phi) is 60.4. The van der Waals surface area contributed by atoms with Gasteiger partial charge >= 0.3 is 52.8 Å². The SMILES string of the molecule is COP(OC)OC.COP(OC)OC.COP(OC)OC.[CH2]C=C.[Cl][Rh+2]. The summed E-state index contributed by atoms with van der Waals surface area (Å²) in [7, 11) is 15.2. The summed E-state index contributed by atoms with van der Waals surface area (Å²) in [6.45, 7) is 6.50. The van der Waals surface area contributed by atoms with Crippen LogP contribution >= 0.6 is 35.5 Å². The van der Waals surface area contributed by atoms with Gasteiger partial charge in [0.25, 0.3) is 0 Å². The second kappa shape index (κ2) is 41.1. The zero-order valence-corrected chi connectivity index (χ0v) is 21.8. The zero-order chi connectivity index (χ0) is 21.8. The molecule has 0 bridgehead atoms. The number of allylic oxidation sites excluding steroid dienone is 1. The topological polar surface area (TPSA) is 83.1 Å². The predicted octanol–water partition coefficient (Wildman–Crippen LogP) is 5.15. The van der Waals surface area contributed by atoms with Gasteiger partial charge in [-0.3, -0.25) is 0 Å². The van der Waals surface area contributed by atoms with Crippen LogP contribution in [0.2, 0.25) is 0 Å². The van der Waals surface area contributed by atoms with Gasteiger partial charge in [-0.15, -0.1) is 6.58 Å². The molecule has 0 saturated carbocycles. The van der Waals surface area contributed by atoms with Gasteiger partial charge < -0.3 is 40.7 Å². The van der Waals surface area contributed by atoms with E-state index in [0.29, 0.717) is 0 Å². The van der Waals surface area contributed by atoms with E-state index in [2.05, 4.69) is 63.9 Å². The molecule has 0 unspecified atom stereocenters. The molecule has 0 spiro atoms. The maximum atomic E-state index is 4.67. The molecule has 0 amide bonds. The van der Waals surface area contributed by atoms with Crippen molar-refractivity contribution in [1.29, 1.82) is 0 Å². The van der Waals surface area contributed by atoms with Gasteiger partial charge in [0.15, 0.2) is 0 Å². The molecular formula is C12H32ClO9P3Rh+2. The van der Waals surface area contributed by atoms with Crippen molar-refractivity contribution in [3.63, 3.8) is 0 Å². The first-order valence-electron chi connectivity index (χ1n) is 6.26. The van der Waals surface area contributed by atoms with Crippen LogP contribution in [0.5, 0.6) is 0 Å². The Morgan fingerprint density at radius 3 is 0.615 bits per heavy atom. The summed E-state index contributed by atoms with van der Waals surface area (Å²) >= 11 is 2.02. The van der Waals surface area contributed by atoms with Crippen LogP contribution in [-0.4, -0.2) is 64.0 Å². The number of hydrogen-bond donors (Lipinski definition) is 0. The van der Waals surface area contributed by atoms with Crippen LogP contribution in [-0.2, 0) is 58.0 Å². The summed E-state index contributed by atoms with van der Waals surface area (Å²) in [6, 6.07) is 0. The molecule has 0 aliphatic carbocycles. The molecule has 26 heavy (non-hydrogen) atoms. The summed E-state index contributed by atoms with van der Waals surface area (Å²) in [5, 5.41) is 0. The van der Waals surface area contributed by atoms with Crippen LogP contribution in [0, 0.1) is 6.92 Å². The quantitative estimate of drug-likeness (QED) is 0.285. The molecule has 0 aliphatic rings. The molecule has 0 atom stereocenters. The van der Waals surface area contributed by atoms with E-state index in [-0.39, 0.29) is 0 Å². The van der Waals surface area contributed by atoms with Gasteiger partial charge in [-0.1, -0.05) is 6.08 Å². The molecule has 0 aromatic rings. The third kappa shape index (κ3) is 40.3. The van der Waals surface area contributed by atoms with Crippen LogP contribution in [0.1, 0.15) is 0 Å². The molecule has 0 aliphatic heterocycles. The van der Waals surface area contributed by atoms with E-state index in [1.165, 1.54) is 6.08 Å². The molecule has 0 fully saturated rings. The second-order valence-corrected chi connectivity index (χ2v) is 7.23. The molecular weight excluding hydrogens is 519 g/mol. The first-order chi connectivity index (χ1) is 12.5. The number of halogens is 1. The number of rotatable bonds is 9. The minimum atomic E-state index is -1.05. The normalized spacial score (nSPS) is 9.04. The molecule has 0 aromatic heterocycles. The molecule has 14 heteroatoms. The summed E-state index contributed by atoms with van der Waals surface area (Å²) in [4.78, 5) is 0. The molecule has 0 saturated heterocycles. The zero-order valence-electron chi connectivity index (χ0n) is 16.7. The predicted molar refractivity (Wildman–Crippen MR) is 105 cm³/mol. The van der Waals surface area contributed by atoms with Gasteiger partial charge in [0.05, 0.1) is 0 Å². The fraction of sp³-hybridized carbons (Fsp3) is 0.750. The van der Waals surface area contributed by atoms with Crippen LogP contribution < -0.4 is 0 Å². The Labute approximate surface area is 177 Å². The molecule has 0 heterocycles. The van der Waals surface area contributed by atoms with Crippen molar-refractivity contribution in [3.05, 3.63) is 19.6 Å². The Hall–Kier alpha value is 1.58. The van der Waals surface area contributed by atoms with Gasteiger partial charge in [-0.2, -0.15) is 0 Å². The minimum absolute atomic E-state index is 1.05. The number of hydrogen-bond acceptors (Lipinski definition) is 9.